The van der Waals surface area contributed by atoms with E-state index in [1.165, 1.54) is 5.56 Å². The SMILES string of the molecule is Cc1ccc(N(C)Cc2cccc(C=CC(=O)O)c2)cc1. The molecule has 0 aliphatic heterocycles. The van der Waals surface area contributed by atoms with Crippen LogP contribution in [0.2, 0.25) is 0 Å². The lowest BCUT2D eigenvalue weighted by Crippen LogP contribution is -2.16. The molecule has 108 valence electrons. The number of carbonyl (C=O) groups is 1. The van der Waals surface area contributed by atoms with E-state index in [2.05, 4.69) is 36.1 Å². The average Bonchev–Trinajstić information content (AvgIpc) is 2.46. The van der Waals surface area contributed by atoms with Crippen molar-refractivity contribution in [3.8, 4) is 0 Å². The summed E-state index contributed by atoms with van der Waals surface area (Å²) in [6.45, 7) is 2.85. The zero-order valence-corrected chi connectivity index (χ0v) is 12.3. The second kappa shape index (κ2) is 6.75. The van der Waals surface area contributed by atoms with E-state index < -0.39 is 5.97 Å². The minimum Gasteiger partial charge on any atom is -0.478 e. The van der Waals surface area contributed by atoms with Gasteiger partial charge in [0.25, 0.3) is 0 Å². The van der Waals surface area contributed by atoms with E-state index in [1.807, 2.05) is 31.3 Å². The molecule has 3 nitrogen and oxygen atoms in total. The number of aryl methyl sites for hydroxylation is 1. The summed E-state index contributed by atoms with van der Waals surface area (Å²) < 4.78 is 0. The monoisotopic (exact) mass is 281 g/mol. The first kappa shape index (κ1) is 14.9. The minimum atomic E-state index is -0.933. The van der Waals surface area contributed by atoms with Crippen LogP contribution in [0.4, 0.5) is 5.69 Å². The molecule has 0 aliphatic rings. The molecule has 2 rings (SSSR count). The molecule has 3 heteroatoms. The fraction of sp³-hybridized carbons (Fsp3) is 0.167. The zero-order valence-electron chi connectivity index (χ0n) is 12.3. The number of hydrogen-bond acceptors (Lipinski definition) is 2. The number of nitrogens with zero attached hydrogens (tertiary/aromatic N) is 1. The van der Waals surface area contributed by atoms with Gasteiger partial charge in [-0.25, -0.2) is 4.79 Å². The van der Waals surface area contributed by atoms with Crippen LogP contribution in [0.1, 0.15) is 16.7 Å². The van der Waals surface area contributed by atoms with Crippen molar-refractivity contribution < 1.29 is 9.90 Å². The van der Waals surface area contributed by atoms with Crippen molar-refractivity contribution in [3.63, 3.8) is 0 Å². The van der Waals surface area contributed by atoms with Gasteiger partial charge in [-0.2, -0.15) is 0 Å². The van der Waals surface area contributed by atoms with Crippen LogP contribution in [0.3, 0.4) is 0 Å². The van der Waals surface area contributed by atoms with Crippen molar-refractivity contribution in [2.75, 3.05) is 11.9 Å². The molecule has 0 fully saturated rings. The van der Waals surface area contributed by atoms with Gasteiger partial charge in [0.15, 0.2) is 0 Å². The van der Waals surface area contributed by atoms with Gasteiger partial charge in [0.1, 0.15) is 0 Å². The Morgan fingerprint density at radius 1 is 1.19 bits per heavy atom. The molecule has 0 radical (unpaired) electrons. The van der Waals surface area contributed by atoms with Gasteiger partial charge in [-0.05, 0) is 42.3 Å². The molecule has 0 saturated heterocycles. The molecule has 0 spiro atoms. The lowest BCUT2D eigenvalue weighted by molar-refractivity contribution is -0.131. The van der Waals surface area contributed by atoms with Gasteiger partial charge in [-0.1, -0.05) is 35.9 Å². The molecule has 2 aromatic rings. The predicted molar refractivity (Wildman–Crippen MR) is 86.4 cm³/mol. The summed E-state index contributed by atoms with van der Waals surface area (Å²) in [4.78, 5) is 12.7. The molecule has 0 atom stereocenters. The maximum absolute atomic E-state index is 10.6. The summed E-state index contributed by atoms with van der Waals surface area (Å²) in [5.74, 6) is -0.933. The molecule has 21 heavy (non-hydrogen) atoms. The number of benzene rings is 2. The molecule has 0 heterocycles. The van der Waals surface area contributed by atoms with Gasteiger partial charge in [0.2, 0.25) is 0 Å². The van der Waals surface area contributed by atoms with E-state index in [1.54, 1.807) is 6.08 Å². The standard InChI is InChI=1S/C18H19NO2/c1-14-6-9-17(10-7-14)19(2)13-16-5-3-4-15(12-16)8-11-18(20)21/h3-12H,13H2,1-2H3,(H,20,21). The molecule has 0 unspecified atom stereocenters. The molecular weight excluding hydrogens is 262 g/mol. The normalized spacial score (nSPS) is 10.8. The number of anilines is 1. The van der Waals surface area contributed by atoms with E-state index in [0.29, 0.717) is 0 Å². The number of carboxylic acid groups (broad SMARTS) is 1. The molecule has 0 bridgehead atoms. The summed E-state index contributed by atoms with van der Waals surface area (Å²) >= 11 is 0. The quantitative estimate of drug-likeness (QED) is 0.849. The molecule has 0 amide bonds. The van der Waals surface area contributed by atoms with E-state index >= 15 is 0 Å². The predicted octanol–water partition coefficient (Wildman–Crippen LogP) is 3.73. The highest BCUT2D eigenvalue weighted by Gasteiger charge is 2.02. The minimum absolute atomic E-state index is 0.776. The summed E-state index contributed by atoms with van der Waals surface area (Å²) in [6, 6.07) is 16.3. The lowest BCUT2D eigenvalue weighted by Gasteiger charge is -2.19. The zero-order chi connectivity index (χ0) is 15.2. The van der Waals surface area contributed by atoms with Crippen LogP contribution >= 0.6 is 0 Å². The van der Waals surface area contributed by atoms with Crippen LogP contribution in [-0.2, 0) is 11.3 Å². The maximum atomic E-state index is 10.6. The summed E-state index contributed by atoms with van der Waals surface area (Å²) in [7, 11) is 2.05. The smallest absolute Gasteiger partial charge is 0.328 e. The van der Waals surface area contributed by atoms with Gasteiger partial charge < -0.3 is 10.0 Å². The van der Waals surface area contributed by atoms with Gasteiger partial charge >= 0.3 is 5.97 Å². The third-order valence-corrected chi connectivity index (χ3v) is 3.26. The van der Waals surface area contributed by atoms with Crippen LogP contribution in [0, 0.1) is 6.92 Å². The molecule has 0 saturated carbocycles. The highest BCUT2D eigenvalue weighted by molar-refractivity contribution is 5.85. The maximum Gasteiger partial charge on any atom is 0.328 e. The number of hydrogen-bond donors (Lipinski definition) is 1. The van der Waals surface area contributed by atoms with Crippen LogP contribution < -0.4 is 4.90 Å². The number of rotatable bonds is 5. The Labute approximate surface area is 125 Å². The number of aliphatic carboxylic acids is 1. The van der Waals surface area contributed by atoms with Crippen molar-refractivity contribution in [1.29, 1.82) is 0 Å². The van der Waals surface area contributed by atoms with Crippen molar-refractivity contribution in [3.05, 3.63) is 71.3 Å². The summed E-state index contributed by atoms with van der Waals surface area (Å²) in [5, 5.41) is 8.67. The summed E-state index contributed by atoms with van der Waals surface area (Å²) in [6.07, 6.45) is 2.76. The van der Waals surface area contributed by atoms with Crippen LogP contribution in [0.25, 0.3) is 6.08 Å². The van der Waals surface area contributed by atoms with Crippen molar-refractivity contribution in [2.45, 2.75) is 13.5 Å². The van der Waals surface area contributed by atoms with Crippen molar-refractivity contribution in [2.24, 2.45) is 0 Å². The van der Waals surface area contributed by atoms with Crippen LogP contribution in [0.5, 0.6) is 0 Å². The van der Waals surface area contributed by atoms with E-state index in [-0.39, 0.29) is 0 Å². The van der Waals surface area contributed by atoms with Crippen molar-refractivity contribution in [1.82, 2.24) is 0 Å². The number of carboxylic acids is 1. The van der Waals surface area contributed by atoms with E-state index in [0.717, 1.165) is 29.4 Å². The Hall–Kier alpha value is -2.55. The molecular formula is C18H19NO2. The highest BCUT2D eigenvalue weighted by atomic mass is 16.4. The Balaban J connectivity index is 2.10. The Kier molecular flexibility index (Phi) is 4.77. The molecule has 0 aromatic heterocycles. The topological polar surface area (TPSA) is 40.5 Å². The van der Waals surface area contributed by atoms with Gasteiger partial charge in [0.05, 0.1) is 0 Å². The second-order valence-electron chi connectivity index (χ2n) is 5.11. The first-order chi connectivity index (χ1) is 10.0. The van der Waals surface area contributed by atoms with Gasteiger partial charge in [-0.15, -0.1) is 0 Å². The Morgan fingerprint density at radius 3 is 2.57 bits per heavy atom. The molecule has 0 aliphatic carbocycles. The fourth-order valence-electron chi connectivity index (χ4n) is 2.13. The Morgan fingerprint density at radius 2 is 1.90 bits per heavy atom. The van der Waals surface area contributed by atoms with Crippen LogP contribution in [-0.4, -0.2) is 18.1 Å². The van der Waals surface area contributed by atoms with Gasteiger partial charge in [-0.3, -0.25) is 0 Å². The van der Waals surface area contributed by atoms with Crippen molar-refractivity contribution >= 4 is 17.7 Å². The average molecular weight is 281 g/mol. The third kappa shape index (κ3) is 4.49. The first-order valence-corrected chi connectivity index (χ1v) is 6.82. The van der Waals surface area contributed by atoms with E-state index in [9.17, 15) is 4.79 Å². The largest absolute Gasteiger partial charge is 0.478 e. The Bertz CT molecular complexity index is 645. The molecule has 1 N–H and O–H groups in total. The van der Waals surface area contributed by atoms with Gasteiger partial charge in [0, 0.05) is 25.4 Å². The second-order valence-corrected chi connectivity index (χ2v) is 5.11. The van der Waals surface area contributed by atoms with Crippen LogP contribution in [0.15, 0.2) is 54.6 Å². The molecule has 2 aromatic carbocycles. The lowest BCUT2D eigenvalue weighted by atomic mass is 10.1. The third-order valence-electron chi connectivity index (χ3n) is 3.26. The summed E-state index contributed by atoms with van der Waals surface area (Å²) in [5.41, 5.74) is 4.44. The van der Waals surface area contributed by atoms with E-state index in [4.69, 9.17) is 5.11 Å². The highest BCUT2D eigenvalue weighted by Crippen LogP contribution is 2.17. The first-order valence-electron chi connectivity index (χ1n) is 6.82. The fourth-order valence-corrected chi connectivity index (χ4v) is 2.13.